The number of benzene rings is 1. The third kappa shape index (κ3) is 3.69. The predicted molar refractivity (Wildman–Crippen MR) is 76.7 cm³/mol. The fourth-order valence-corrected chi connectivity index (χ4v) is 2.78. The molecule has 0 aromatic heterocycles. The molecular formula is C15H24N2O2. The summed E-state index contributed by atoms with van der Waals surface area (Å²) in [6.45, 7) is 4.33. The highest BCUT2D eigenvalue weighted by Crippen LogP contribution is 2.25. The van der Waals surface area contributed by atoms with Crippen LogP contribution in [0.15, 0.2) is 24.3 Å². The number of aliphatic hydroxyl groups is 2. The van der Waals surface area contributed by atoms with Crippen LogP contribution in [0.1, 0.15) is 31.4 Å². The van der Waals surface area contributed by atoms with Crippen molar-refractivity contribution in [2.24, 2.45) is 5.92 Å². The van der Waals surface area contributed by atoms with E-state index in [4.69, 9.17) is 5.73 Å². The molecule has 1 aromatic carbocycles. The fourth-order valence-electron chi connectivity index (χ4n) is 2.78. The Balaban J connectivity index is 1.87. The molecule has 106 valence electrons. The van der Waals surface area contributed by atoms with Gasteiger partial charge in [-0.1, -0.05) is 18.2 Å². The molecule has 0 saturated carbocycles. The molecule has 1 heterocycles. The highest BCUT2D eigenvalue weighted by Gasteiger charge is 2.24. The van der Waals surface area contributed by atoms with Gasteiger partial charge in [0.05, 0.1) is 12.2 Å². The molecule has 4 heteroatoms. The largest absolute Gasteiger partial charge is 0.398 e. The smallest absolute Gasteiger partial charge is 0.0936 e. The van der Waals surface area contributed by atoms with Crippen LogP contribution in [0.4, 0.5) is 5.69 Å². The first-order chi connectivity index (χ1) is 9.08. The maximum Gasteiger partial charge on any atom is 0.0936 e. The first-order valence-electron chi connectivity index (χ1n) is 7.01. The first kappa shape index (κ1) is 14.3. The van der Waals surface area contributed by atoms with E-state index in [0.717, 1.165) is 31.5 Å². The van der Waals surface area contributed by atoms with Crippen LogP contribution in [-0.2, 0) is 0 Å². The first-order valence-corrected chi connectivity index (χ1v) is 7.01. The second-order valence-electron chi connectivity index (χ2n) is 5.52. The van der Waals surface area contributed by atoms with E-state index in [1.54, 1.807) is 0 Å². The molecule has 0 spiro atoms. The number of para-hydroxylation sites is 1. The second kappa shape index (κ2) is 6.37. The number of hydrogen-bond acceptors (Lipinski definition) is 4. The van der Waals surface area contributed by atoms with E-state index >= 15 is 0 Å². The van der Waals surface area contributed by atoms with Crippen LogP contribution in [0, 0.1) is 5.92 Å². The van der Waals surface area contributed by atoms with Crippen molar-refractivity contribution >= 4 is 5.69 Å². The Hall–Kier alpha value is -1.10. The minimum Gasteiger partial charge on any atom is -0.398 e. The number of aliphatic hydroxyl groups excluding tert-OH is 2. The number of piperidine rings is 1. The molecule has 1 aromatic rings. The summed E-state index contributed by atoms with van der Waals surface area (Å²) in [6.07, 6.45) is 1.23. The molecule has 1 aliphatic heterocycles. The van der Waals surface area contributed by atoms with E-state index in [2.05, 4.69) is 4.90 Å². The van der Waals surface area contributed by atoms with Crippen molar-refractivity contribution in [2.75, 3.05) is 25.4 Å². The maximum absolute atomic E-state index is 10.3. The molecule has 4 nitrogen and oxygen atoms in total. The molecule has 0 amide bonds. The van der Waals surface area contributed by atoms with E-state index in [1.807, 2.05) is 31.2 Å². The lowest BCUT2D eigenvalue weighted by molar-refractivity contribution is 0.0487. The molecule has 19 heavy (non-hydrogen) atoms. The van der Waals surface area contributed by atoms with Crippen LogP contribution in [0.2, 0.25) is 0 Å². The van der Waals surface area contributed by atoms with E-state index in [-0.39, 0.29) is 6.10 Å². The Morgan fingerprint density at radius 2 is 1.89 bits per heavy atom. The van der Waals surface area contributed by atoms with E-state index in [0.29, 0.717) is 18.2 Å². The average molecular weight is 264 g/mol. The zero-order valence-corrected chi connectivity index (χ0v) is 11.5. The highest BCUT2D eigenvalue weighted by atomic mass is 16.3. The molecule has 1 fully saturated rings. The van der Waals surface area contributed by atoms with Gasteiger partial charge in [-0.05, 0) is 44.8 Å². The van der Waals surface area contributed by atoms with Crippen LogP contribution in [-0.4, -0.2) is 40.9 Å². The number of nitrogen functional groups attached to an aromatic ring is 1. The summed E-state index contributed by atoms with van der Waals surface area (Å²) < 4.78 is 0. The summed E-state index contributed by atoms with van der Waals surface area (Å²) in [6, 6.07) is 7.47. The van der Waals surface area contributed by atoms with Gasteiger partial charge in [-0.15, -0.1) is 0 Å². The SMILES string of the molecule is CC(O)C1CCN(CC(O)c2ccccc2N)CC1. The predicted octanol–water partition coefficient (Wildman–Crippen LogP) is 1.40. The molecule has 2 rings (SSSR count). The Morgan fingerprint density at radius 3 is 2.47 bits per heavy atom. The Kier molecular flexibility index (Phi) is 4.80. The quantitative estimate of drug-likeness (QED) is 0.719. The summed E-state index contributed by atoms with van der Waals surface area (Å²) in [5.41, 5.74) is 7.33. The lowest BCUT2D eigenvalue weighted by Crippen LogP contribution is -2.39. The summed E-state index contributed by atoms with van der Waals surface area (Å²) in [5, 5.41) is 19.8. The summed E-state index contributed by atoms with van der Waals surface area (Å²) in [5.74, 6) is 0.398. The van der Waals surface area contributed by atoms with Gasteiger partial charge in [0, 0.05) is 17.8 Å². The third-order valence-electron chi connectivity index (χ3n) is 4.10. The third-order valence-corrected chi connectivity index (χ3v) is 4.10. The number of hydrogen-bond donors (Lipinski definition) is 3. The Bertz CT molecular complexity index is 401. The van der Waals surface area contributed by atoms with Gasteiger partial charge in [0.1, 0.15) is 0 Å². The second-order valence-corrected chi connectivity index (χ2v) is 5.52. The Morgan fingerprint density at radius 1 is 1.26 bits per heavy atom. The van der Waals surface area contributed by atoms with Crippen LogP contribution >= 0.6 is 0 Å². The Labute approximate surface area is 114 Å². The minimum absolute atomic E-state index is 0.225. The molecule has 1 saturated heterocycles. The summed E-state index contributed by atoms with van der Waals surface area (Å²) >= 11 is 0. The van der Waals surface area contributed by atoms with Gasteiger partial charge in [0.25, 0.3) is 0 Å². The van der Waals surface area contributed by atoms with Crippen LogP contribution in [0.5, 0.6) is 0 Å². The number of likely N-dealkylation sites (tertiary alicyclic amines) is 1. The van der Waals surface area contributed by atoms with E-state index in [1.165, 1.54) is 0 Å². The van der Waals surface area contributed by atoms with E-state index in [9.17, 15) is 10.2 Å². The van der Waals surface area contributed by atoms with Crippen molar-refractivity contribution in [3.05, 3.63) is 29.8 Å². The monoisotopic (exact) mass is 264 g/mol. The van der Waals surface area contributed by atoms with Crippen LogP contribution < -0.4 is 5.73 Å². The van der Waals surface area contributed by atoms with Crippen molar-refractivity contribution in [2.45, 2.75) is 32.0 Å². The molecule has 2 atom stereocenters. The molecule has 0 radical (unpaired) electrons. The fraction of sp³-hybridized carbons (Fsp3) is 0.600. The van der Waals surface area contributed by atoms with Gasteiger partial charge in [0.2, 0.25) is 0 Å². The zero-order valence-electron chi connectivity index (χ0n) is 11.5. The van der Waals surface area contributed by atoms with Gasteiger partial charge < -0.3 is 20.8 Å². The molecule has 1 aliphatic rings. The van der Waals surface area contributed by atoms with Gasteiger partial charge in [-0.2, -0.15) is 0 Å². The topological polar surface area (TPSA) is 69.7 Å². The van der Waals surface area contributed by atoms with Gasteiger partial charge in [-0.3, -0.25) is 0 Å². The van der Waals surface area contributed by atoms with Gasteiger partial charge in [-0.25, -0.2) is 0 Å². The van der Waals surface area contributed by atoms with Crippen molar-refractivity contribution in [3.8, 4) is 0 Å². The molecule has 2 unspecified atom stereocenters. The standard InChI is InChI=1S/C15H24N2O2/c1-11(18)12-6-8-17(9-7-12)10-15(19)13-4-2-3-5-14(13)16/h2-5,11-12,15,18-19H,6-10,16H2,1H3. The lowest BCUT2D eigenvalue weighted by atomic mass is 9.92. The molecule has 0 bridgehead atoms. The number of rotatable bonds is 4. The van der Waals surface area contributed by atoms with Crippen molar-refractivity contribution in [1.82, 2.24) is 4.90 Å². The highest BCUT2D eigenvalue weighted by molar-refractivity contribution is 5.47. The van der Waals surface area contributed by atoms with E-state index < -0.39 is 6.10 Å². The number of nitrogens with two attached hydrogens (primary N) is 1. The summed E-state index contributed by atoms with van der Waals surface area (Å²) in [7, 11) is 0. The molecule has 0 aliphatic carbocycles. The lowest BCUT2D eigenvalue weighted by Gasteiger charge is -2.34. The number of anilines is 1. The normalized spacial score (nSPS) is 21.2. The average Bonchev–Trinajstić information content (AvgIpc) is 2.39. The van der Waals surface area contributed by atoms with Crippen LogP contribution in [0.25, 0.3) is 0 Å². The van der Waals surface area contributed by atoms with Crippen molar-refractivity contribution in [1.29, 1.82) is 0 Å². The summed E-state index contributed by atoms with van der Waals surface area (Å²) in [4.78, 5) is 2.25. The number of β-amino-alcohol motifs (C(OH)–C–C–N with tert-alkyl or cyclic N) is 1. The molecule has 4 N–H and O–H groups in total. The number of nitrogens with zero attached hydrogens (tertiary/aromatic N) is 1. The molecular weight excluding hydrogens is 240 g/mol. The van der Waals surface area contributed by atoms with Crippen LogP contribution in [0.3, 0.4) is 0 Å². The minimum atomic E-state index is -0.538. The van der Waals surface area contributed by atoms with Crippen molar-refractivity contribution in [3.63, 3.8) is 0 Å². The zero-order chi connectivity index (χ0) is 13.8. The van der Waals surface area contributed by atoms with Gasteiger partial charge >= 0.3 is 0 Å². The van der Waals surface area contributed by atoms with Gasteiger partial charge in [0.15, 0.2) is 0 Å². The van der Waals surface area contributed by atoms with Crippen molar-refractivity contribution < 1.29 is 10.2 Å². The maximum atomic E-state index is 10.3.